The number of nitrogens with one attached hydrogen (secondary N) is 1. The minimum atomic E-state index is -0.417. The fourth-order valence-electron chi connectivity index (χ4n) is 2.01. The van der Waals surface area contributed by atoms with Crippen LogP contribution in [0.2, 0.25) is 0 Å². The van der Waals surface area contributed by atoms with Crippen molar-refractivity contribution in [3.8, 4) is 0 Å². The van der Waals surface area contributed by atoms with E-state index in [1.807, 2.05) is 37.3 Å². The molecule has 1 amide bonds. The molecule has 0 radical (unpaired) electrons. The summed E-state index contributed by atoms with van der Waals surface area (Å²) in [6, 6.07) is 13.8. The van der Waals surface area contributed by atoms with Crippen molar-refractivity contribution < 1.29 is 9.18 Å². The van der Waals surface area contributed by atoms with Crippen LogP contribution in [0.3, 0.4) is 0 Å². The van der Waals surface area contributed by atoms with Gasteiger partial charge in [0.2, 0.25) is 0 Å². The average molecular weight is 272 g/mol. The largest absolute Gasteiger partial charge is 0.382 e. The van der Waals surface area contributed by atoms with Gasteiger partial charge in [0.25, 0.3) is 5.91 Å². The van der Waals surface area contributed by atoms with Crippen LogP contribution in [0, 0.1) is 5.82 Å². The highest BCUT2D eigenvalue weighted by molar-refractivity contribution is 6.09. The van der Waals surface area contributed by atoms with Crippen molar-refractivity contribution in [3.63, 3.8) is 0 Å². The third-order valence-electron chi connectivity index (χ3n) is 3.05. The molecule has 0 heterocycles. The smallest absolute Gasteiger partial charge is 0.260 e. The van der Waals surface area contributed by atoms with E-state index >= 15 is 0 Å². The van der Waals surface area contributed by atoms with Crippen LogP contribution in [0.25, 0.3) is 0 Å². The van der Waals surface area contributed by atoms with E-state index < -0.39 is 5.82 Å². The summed E-state index contributed by atoms with van der Waals surface area (Å²) in [5, 5.41) is 2.91. The van der Waals surface area contributed by atoms with Crippen LogP contribution < -0.4 is 10.2 Å². The van der Waals surface area contributed by atoms with Crippen molar-refractivity contribution in [3.05, 3.63) is 59.9 Å². The zero-order valence-electron chi connectivity index (χ0n) is 11.6. The van der Waals surface area contributed by atoms with Crippen molar-refractivity contribution in [2.45, 2.75) is 6.92 Å². The fourth-order valence-corrected chi connectivity index (χ4v) is 2.01. The summed E-state index contributed by atoms with van der Waals surface area (Å²) in [5.74, 6) is -0.661. The Balaban J connectivity index is 2.36. The number of carbonyl (C=O) groups is 1. The molecule has 0 aliphatic rings. The monoisotopic (exact) mass is 272 g/mol. The molecule has 0 saturated carbocycles. The Bertz CT molecular complexity index is 599. The summed E-state index contributed by atoms with van der Waals surface area (Å²) in [4.78, 5) is 14.0. The molecule has 0 unspecified atom stereocenters. The van der Waals surface area contributed by atoms with Crippen LogP contribution in [0.1, 0.15) is 17.3 Å². The van der Waals surface area contributed by atoms with Gasteiger partial charge in [-0.2, -0.15) is 0 Å². The molecule has 2 rings (SSSR count). The molecule has 0 atom stereocenters. The molecule has 4 heteroatoms. The Hall–Kier alpha value is -2.36. The average Bonchev–Trinajstić information content (AvgIpc) is 2.49. The number of halogens is 1. The molecule has 0 fully saturated rings. The zero-order chi connectivity index (χ0) is 14.5. The quantitative estimate of drug-likeness (QED) is 0.923. The summed E-state index contributed by atoms with van der Waals surface area (Å²) in [5.41, 5.74) is 1.35. The summed E-state index contributed by atoms with van der Waals surface area (Å²) in [7, 11) is 1.68. The van der Waals surface area contributed by atoms with Crippen LogP contribution in [0.5, 0.6) is 0 Å². The first-order valence-corrected chi connectivity index (χ1v) is 6.50. The number of benzene rings is 2. The molecule has 0 aliphatic heterocycles. The zero-order valence-corrected chi connectivity index (χ0v) is 11.6. The first-order valence-electron chi connectivity index (χ1n) is 6.50. The van der Waals surface area contributed by atoms with E-state index in [9.17, 15) is 9.18 Å². The molecule has 2 aromatic rings. The van der Waals surface area contributed by atoms with Gasteiger partial charge in [-0.05, 0) is 31.2 Å². The van der Waals surface area contributed by atoms with Crippen LogP contribution in [-0.4, -0.2) is 19.5 Å². The van der Waals surface area contributed by atoms with E-state index in [0.29, 0.717) is 12.1 Å². The molecular formula is C16H17FN2O. The maximum absolute atomic E-state index is 13.8. The van der Waals surface area contributed by atoms with Gasteiger partial charge in [0.15, 0.2) is 0 Å². The summed E-state index contributed by atoms with van der Waals surface area (Å²) < 4.78 is 13.8. The minimum absolute atomic E-state index is 0.244. The Morgan fingerprint density at radius 1 is 1.15 bits per heavy atom. The van der Waals surface area contributed by atoms with Crippen molar-refractivity contribution in [1.29, 1.82) is 0 Å². The second-order valence-corrected chi connectivity index (χ2v) is 4.39. The lowest BCUT2D eigenvalue weighted by atomic mass is 10.1. The highest BCUT2D eigenvalue weighted by atomic mass is 19.1. The van der Waals surface area contributed by atoms with Crippen molar-refractivity contribution in [2.75, 3.05) is 23.8 Å². The third kappa shape index (κ3) is 2.79. The first-order chi connectivity index (χ1) is 9.65. The second-order valence-electron chi connectivity index (χ2n) is 4.39. The van der Waals surface area contributed by atoms with Gasteiger partial charge >= 0.3 is 0 Å². The number of para-hydroxylation sites is 2. The van der Waals surface area contributed by atoms with E-state index in [-0.39, 0.29) is 11.6 Å². The first kappa shape index (κ1) is 14.1. The predicted octanol–water partition coefficient (Wildman–Crippen LogP) is 3.53. The van der Waals surface area contributed by atoms with E-state index in [4.69, 9.17) is 0 Å². The standard InChI is InChI=1S/C16H17FN2O/c1-3-18-15-13(10-7-11-14(15)17)16(20)19(2)12-8-5-4-6-9-12/h4-11,18H,3H2,1-2H3. The molecule has 0 aromatic heterocycles. The van der Waals surface area contributed by atoms with E-state index in [0.717, 1.165) is 5.69 Å². The lowest BCUT2D eigenvalue weighted by molar-refractivity contribution is 0.0993. The molecule has 1 N–H and O–H groups in total. The number of nitrogens with zero attached hydrogens (tertiary/aromatic N) is 1. The van der Waals surface area contributed by atoms with Crippen molar-refractivity contribution >= 4 is 17.3 Å². The number of hydrogen-bond donors (Lipinski definition) is 1. The number of rotatable bonds is 4. The molecule has 2 aromatic carbocycles. The maximum atomic E-state index is 13.8. The lowest BCUT2D eigenvalue weighted by Crippen LogP contribution is -2.27. The normalized spacial score (nSPS) is 10.2. The Morgan fingerprint density at radius 2 is 1.85 bits per heavy atom. The van der Waals surface area contributed by atoms with Gasteiger partial charge in [-0.15, -0.1) is 0 Å². The predicted molar refractivity (Wildman–Crippen MR) is 79.7 cm³/mol. The number of anilines is 2. The van der Waals surface area contributed by atoms with Crippen LogP contribution in [-0.2, 0) is 0 Å². The third-order valence-corrected chi connectivity index (χ3v) is 3.05. The fraction of sp³-hybridized carbons (Fsp3) is 0.188. The molecule has 104 valence electrons. The van der Waals surface area contributed by atoms with Gasteiger partial charge in [-0.3, -0.25) is 4.79 Å². The molecule has 20 heavy (non-hydrogen) atoms. The van der Waals surface area contributed by atoms with E-state index in [1.165, 1.54) is 11.0 Å². The lowest BCUT2D eigenvalue weighted by Gasteiger charge is -2.19. The molecule has 0 bridgehead atoms. The summed E-state index contributed by atoms with van der Waals surface area (Å²) in [6.07, 6.45) is 0. The van der Waals surface area contributed by atoms with Gasteiger partial charge in [-0.25, -0.2) is 4.39 Å². The maximum Gasteiger partial charge on any atom is 0.260 e. The summed E-state index contributed by atoms with van der Waals surface area (Å²) in [6.45, 7) is 2.41. The molecule has 3 nitrogen and oxygen atoms in total. The topological polar surface area (TPSA) is 32.3 Å². The SMILES string of the molecule is CCNc1c(F)cccc1C(=O)N(C)c1ccccc1. The van der Waals surface area contributed by atoms with Gasteiger partial charge in [0.1, 0.15) is 5.82 Å². The second kappa shape index (κ2) is 6.19. The van der Waals surface area contributed by atoms with Crippen LogP contribution in [0.15, 0.2) is 48.5 Å². The van der Waals surface area contributed by atoms with E-state index in [1.54, 1.807) is 19.2 Å². The summed E-state index contributed by atoms with van der Waals surface area (Å²) >= 11 is 0. The van der Waals surface area contributed by atoms with E-state index in [2.05, 4.69) is 5.32 Å². The number of hydrogen-bond acceptors (Lipinski definition) is 2. The molecule has 0 spiro atoms. The van der Waals surface area contributed by atoms with Gasteiger partial charge in [0.05, 0.1) is 11.3 Å². The van der Waals surface area contributed by atoms with Crippen LogP contribution in [0.4, 0.5) is 15.8 Å². The molecule has 0 saturated heterocycles. The van der Waals surface area contributed by atoms with Gasteiger partial charge in [0, 0.05) is 19.3 Å². The van der Waals surface area contributed by atoms with Crippen molar-refractivity contribution in [2.24, 2.45) is 0 Å². The van der Waals surface area contributed by atoms with Gasteiger partial charge in [-0.1, -0.05) is 24.3 Å². The Labute approximate surface area is 118 Å². The van der Waals surface area contributed by atoms with Crippen molar-refractivity contribution in [1.82, 2.24) is 0 Å². The highest BCUT2D eigenvalue weighted by Gasteiger charge is 2.19. The minimum Gasteiger partial charge on any atom is -0.382 e. The molecular weight excluding hydrogens is 255 g/mol. The Kier molecular flexibility index (Phi) is 4.35. The number of amides is 1. The highest BCUT2D eigenvalue weighted by Crippen LogP contribution is 2.23. The van der Waals surface area contributed by atoms with Crippen LogP contribution >= 0.6 is 0 Å². The molecule has 0 aliphatic carbocycles. The van der Waals surface area contributed by atoms with Gasteiger partial charge < -0.3 is 10.2 Å². The number of carbonyl (C=O) groups excluding carboxylic acids is 1. The Morgan fingerprint density at radius 3 is 2.50 bits per heavy atom.